The number of rotatable bonds is 5. The number of aryl methyl sites for hydroxylation is 1. The van der Waals surface area contributed by atoms with E-state index in [-0.39, 0.29) is 5.78 Å². The molecule has 3 aromatic rings. The monoisotopic (exact) mass is 334 g/mol. The molecule has 4 rings (SSSR count). The molecule has 0 amide bonds. The van der Waals surface area contributed by atoms with Crippen LogP contribution < -0.4 is 10.6 Å². The highest BCUT2D eigenvalue weighted by Crippen LogP contribution is 2.29. The zero-order chi connectivity index (χ0) is 17.1. The highest BCUT2D eigenvalue weighted by Gasteiger charge is 2.24. The molecule has 25 heavy (non-hydrogen) atoms. The summed E-state index contributed by atoms with van der Waals surface area (Å²) in [5, 5.41) is 6.43. The van der Waals surface area contributed by atoms with Crippen LogP contribution in [0.3, 0.4) is 0 Å². The summed E-state index contributed by atoms with van der Waals surface area (Å²) in [5.41, 5.74) is 2.30. The lowest BCUT2D eigenvalue weighted by Crippen LogP contribution is -2.18. The Labute approximate surface area is 145 Å². The molecule has 2 heterocycles. The van der Waals surface area contributed by atoms with Crippen LogP contribution in [-0.2, 0) is 13.0 Å². The summed E-state index contributed by atoms with van der Waals surface area (Å²) in [4.78, 5) is 21.5. The number of para-hydroxylation sites is 1. The fraction of sp³-hybridized carbons (Fsp3) is 0.211. The van der Waals surface area contributed by atoms with Gasteiger partial charge in [0.1, 0.15) is 11.6 Å². The van der Waals surface area contributed by atoms with Crippen LogP contribution in [0.5, 0.6) is 0 Å². The average Bonchev–Trinajstić information content (AvgIpc) is 3.14. The fourth-order valence-corrected chi connectivity index (χ4v) is 2.93. The molecule has 0 spiro atoms. The molecule has 1 aliphatic carbocycles. The minimum absolute atomic E-state index is 0.0947. The predicted octanol–water partition coefficient (Wildman–Crippen LogP) is 3.94. The summed E-state index contributed by atoms with van der Waals surface area (Å²) in [6.45, 7) is 0.491. The largest absolute Gasteiger partial charge is 0.467 e. The van der Waals surface area contributed by atoms with E-state index < -0.39 is 0 Å². The first-order chi connectivity index (χ1) is 12.3. The minimum Gasteiger partial charge on any atom is -0.467 e. The topological polar surface area (TPSA) is 80.1 Å². The number of carbonyl (C=O) groups is 1. The third kappa shape index (κ3) is 3.38. The van der Waals surface area contributed by atoms with E-state index in [0.717, 1.165) is 30.0 Å². The van der Waals surface area contributed by atoms with Crippen molar-refractivity contribution in [1.82, 2.24) is 9.97 Å². The molecule has 2 N–H and O–H groups in total. The van der Waals surface area contributed by atoms with Crippen LogP contribution in [0.15, 0.2) is 53.1 Å². The van der Waals surface area contributed by atoms with Crippen molar-refractivity contribution < 1.29 is 9.21 Å². The van der Waals surface area contributed by atoms with Crippen molar-refractivity contribution in [2.45, 2.75) is 25.8 Å². The van der Waals surface area contributed by atoms with Crippen LogP contribution in [0.4, 0.5) is 17.5 Å². The molecule has 0 saturated heterocycles. The molecular formula is C19H18N4O2. The SMILES string of the molecule is O=C1CCCc2nc(NCc3ccco3)nc(Nc3ccccc3)c21. The first-order valence-corrected chi connectivity index (χ1v) is 8.32. The van der Waals surface area contributed by atoms with Gasteiger partial charge in [-0.3, -0.25) is 4.79 Å². The van der Waals surface area contributed by atoms with E-state index in [9.17, 15) is 4.79 Å². The highest BCUT2D eigenvalue weighted by molar-refractivity contribution is 6.03. The van der Waals surface area contributed by atoms with Crippen molar-refractivity contribution >= 4 is 23.2 Å². The third-order valence-corrected chi connectivity index (χ3v) is 4.12. The summed E-state index contributed by atoms with van der Waals surface area (Å²) >= 11 is 0. The molecule has 1 aromatic carbocycles. The minimum atomic E-state index is 0.0947. The molecule has 0 aliphatic heterocycles. The molecule has 6 heteroatoms. The molecule has 2 aromatic heterocycles. The van der Waals surface area contributed by atoms with Crippen LogP contribution in [0.1, 0.15) is 34.7 Å². The van der Waals surface area contributed by atoms with Crippen molar-refractivity contribution in [1.29, 1.82) is 0 Å². The molecular weight excluding hydrogens is 316 g/mol. The molecule has 126 valence electrons. The van der Waals surface area contributed by atoms with Gasteiger partial charge in [0.15, 0.2) is 5.78 Å². The molecule has 0 atom stereocenters. The Kier molecular flexibility index (Phi) is 4.16. The first-order valence-electron chi connectivity index (χ1n) is 8.32. The van der Waals surface area contributed by atoms with E-state index in [1.165, 1.54) is 0 Å². The summed E-state index contributed by atoms with van der Waals surface area (Å²) in [7, 11) is 0. The molecule has 0 saturated carbocycles. The molecule has 0 bridgehead atoms. The lowest BCUT2D eigenvalue weighted by atomic mass is 9.95. The number of nitrogens with zero attached hydrogens (tertiary/aromatic N) is 2. The van der Waals surface area contributed by atoms with Gasteiger partial charge in [-0.05, 0) is 37.1 Å². The molecule has 0 fully saturated rings. The number of fused-ring (bicyclic) bond motifs is 1. The van der Waals surface area contributed by atoms with Crippen molar-refractivity contribution in [2.75, 3.05) is 10.6 Å². The number of Topliss-reactive ketones (excluding diaryl/α,β-unsaturated/α-hetero) is 1. The summed E-state index contributed by atoms with van der Waals surface area (Å²) in [6.07, 6.45) is 3.78. The summed E-state index contributed by atoms with van der Waals surface area (Å²) in [5.74, 6) is 1.94. The van der Waals surface area contributed by atoms with Crippen LogP contribution in [0, 0.1) is 0 Å². The van der Waals surface area contributed by atoms with E-state index in [1.807, 2.05) is 42.5 Å². The second kappa shape index (κ2) is 6.76. The van der Waals surface area contributed by atoms with Crippen molar-refractivity contribution in [3.05, 3.63) is 65.7 Å². The zero-order valence-corrected chi connectivity index (χ0v) is 13.7. The number of hydrogen-bond donors (Lipinski definition) is 2. The van der Waals surface area contributed by atoms with Gasteiger partial charge >= 0.3 is 0 Å². The van der Waals surface area contributed by atoms with E-state index in [4.69, 9.17) is 4.42 Å². The quantitative estimate of drug-likeness (QED) is 0.735. The molecule has 0 radical (unpaired) electrons. The van der Waals surface area contributed by atoms with E-state index in [0.29, 0.717) is 30.3 Å². The van der Waals surface area contributed by atoms with Gasteiger partial charge in [0.25, 0.3) is 0 Å². The highest BCUT2D eigenvalue weighted by atomic mass is 16.3. The van der Waals surface area contributed by atoms with E-state index in [2.05, 4.69) is 20.6 Å². The molecule has 1 aliphatic rings. The van der Waals surface area contributed by atoms with E-state index in [1.54, 1.807) is 6.26 Å². The lowest BCUT2D eigenvalue weighted by Gasteiger charge is -2.19. The second-order valence-electron chi connectivity index (χ2n) is 5.92. The van der Waals surface area contributed by atoms with Gasteiger partial charge in [0, 0.05) is 12.1 Å². The summed E-state index contributed by atoms with van der Waals surface area (Å²) in [6, 6.07) is 13.4. The van der Waals surface area contributed by atoms with Crippen molar-refractivity contribution in [2.24, 2.45) is 0 Å². The van der Waals surface area contributed by atoms with Gasteiger partial charge in [0.05, 0.1) is 24.1 Å². The number of carbonyl (C=O) groups excluding carboxylic acids is 1. The Bertz CT molecular complexity index is 876. The third-order valence-electron chi connectivity index (χ3n) is 4.12. The summed E-state index contributed by atoms with van der Waals surface area (Å²) < 4.78 is 5.32. The second-order valence-corrected chi connectivity index (χ2v) is 5.92. The Balaban J connectivity index is 1.66. The van der Waals surface area contributed by atoms with Crippen LogP contribution in [0.25, 0.3) is 0 Å². The van der Waals surface area contributed by atoms with Crippen LogP contribution in [0.2, 0.25) is 0 Å². The van der Waals surface area contributed by atoms with Gasteiger partial charge in [-0.2, -0.15) is 4.98 Å². The maximum Gasteiger partial charge on any atom is 0.225 e. The smallest absolute Gasteiger partial charge is 0.225 e. The maximum absolute atomic E-state index is 12.4. The maximum atomic E-state index is 12.4. The number of hydrogen-bond acceptors (Lipinski definition) is 6. The fourth-order valence-electron chi connectivity index (χ4n) is 2.93. The zero-order valence-electron chi connectivity index (χ0n) is 13.7. The Hall–Kier alpha value is -3.15. The number of nitrogens with one attached hydrogen (secondary N) is 2. The van der Waals surface area contributed by atoms with Gasteiger partial charge in [0.2, 0.25) is 5.95 Å². The number of benzene rings is 1. The van der Waals surface area contributed by atoms with Crippen molar-refractivity contribution in [3.63, 3.8) is 0 Å². The molecule has 0 unspecified atom stereocenters. The molecule has 6 nitrogen and oxygen atoms in total. The lowest BCUT2D eigenvalue weighted by molar-refractivity contribution is 0.0972. The van der Waals surface area contributed by atoms with Gasteiger partial charge in [-0.1, -0.05) is 18.2 Å². The Morgan fingerprint density at radius 1 is 1.04 bits per heavy atom. The average molecular weight is 334 g/mol. The van der Waals surface area contributed by atoms with Gasteiger partial charge in [-0.25, -0.2) is 4.98 Å². The van der Waals surface area contributed by atoms with Crippen molar-refractivity contribution in [3.8, 4) is 0 Å². The normalized spacial score (nSPS) is 13.4. The number of aromatic nitrogens is 2. The number of furan rings is 1. The van der Waals surface area contributed by atoms with Crippen LogP contribution >= 0.6 is 0 Å². The number of anilines is 3. The van der Waals surface area contributed by atoms with Gasteiger partial charge in [-0.15, -0.1) is 0 Å². The van der Waals surface area contributed by atoms with E-state index >= 15 is 0 Å². The first kappa shape index (κ1) is 15.4. The Morgan fingerprint density at radius 2 is 1.92 bits per heavy atom. The standard InChI is InChI=1S/C19H18N4O2/c24-16-10-4-9-15-17(16)18(21-13-6-2-1-3-7-13)23-19(22-15)20-12-14-8-5-11-25-14/h1-3,5-8,11H,4,9-10,12H2,(H2,20,21,22,23). The van der Waals surface area contributed by atoms with Crippen LogP contribution in [-0.4, -0.2) is 15.8 Å². The predicted molar refractivity (Wildman–Crippen MR) is 95.1 cm³/mol. The number of ketones is 1. The Morgan fingerprint density at radius 3 is 2.72 bits per heavy atom. The van der Waals surface area contributed by atoms with Gasteiger partial charge < -0.3 is 15.1 Å².